The minimum absolute atomic E-state index is 0.0273. The molecule has 0 unspecified atom stereocenters. The highest BCUT2D eigenvalue weighted by atomic mass is 32.1. The van der Waals surface area contributed by atoms with Crippen molar-refractivity contribution >= 4 is 22.9 Å². The predicted octanol–water partition coefficient (Wildman–Crippen LogP) is 2.35. The van der Waals surface area contributed by atoms with Crippen LogP contribution in [0.4, 0.5) is 0 Å². The first kappa shape index (κ1) is 9.92. The third-order valence-electron chi connectivity index (χ3n) is 1.41. The standard InChI is InChI=1S/C9H11NO2S/c1-4-12-7(3)8-5-13-9(10-8)6(2)11/h5H,3-4H2,1-2H3. The number of ether oxygens (including phenoxy) is 1. The van der Waals surface area contributed by atoms with E-state index in [4.69, 9.17) is 4.74 Å². The van der Waals surface area contributed by atoms with Gasteiger partial charge in [-0.15, -0.1) is 11.3 Å². The number of carbonyl (C=O) groups is 1. The predicted molar refractivity (Wildman–Crippen MR) is 52.8 cm³/mol. The summed E-state index contributed by atoms with van der Waals surface area (Å²) in [6.07, 6.45) is 0. The van der Waals surface area contributed by atoms with E-state index in [0.717, 1.165) is 0 Å². The SMILES string of the molecule is C=C(OCC)c1csc(C(C)=O)n1. The second kappa shape index (κ2) is 4.18. The van der Waals surface area contributed by atoms with Crippen molar-refractivity contribution in [3.05, 3.63) is 22.7 Å². The van der Waals surface area contributed by atoms with E-state index in [1.807, 2.05) is 6.92 Å². The Hall–Kier alpha value is -1.16. The van der Waals surface area contributed by atoms with E-state index in [-0.39, 0.29) is 5.78 Å². The monoisotopic (exact) mass is 197 g/mol. The van der Waals surface area contributed by atoms with Crippen LogP contribution in [0.3, 0.4) is 0 Å². The fourth-order valence-corrected chi connectivity index (χ4v) is 1.54. The topological polar surface area (TPSA) is 39.2 Å². The first-order valence-corrected chi connectivity index (χ1v) is 4.81. The van der Waals surface area contributed by atoms with Gasteiger partial charge in [-0.25, -0.2) is 4.98 Å². The van der Waals surface area contributed by atoms with Gasteiger partial charge in [0.1, 0.15) is 11.5 Å². The molecule has 0 aliphatic rings. The molecule has 1 rings (SSSR count). The van der Waals surface area contributed by atoms with Gasteiger partial charge in [0.2, 0.25) is 0 Å². The van der Waals surface area contributed by atoms with E-state index >= 15 is 0 Å². The molecule has 0 spiro atoms. The van der Waals surface area contributed by atoms with E-state index in [9.17, 15) is 4.79 Å². The largest absolute Gasteiger partial charge is 0.492 e. The van der Waals surface area contributed by atoms with Gasteiger partial charge in [0, 0.05) is 12.3 Å². The Bertz CT molecular complexity index is 330. The van der Waals surface area contributed by atoms with Gasteiger partial charge < -0.3 is 4.74 Å². The van der Waals surface area contributed by atoms with Gasteiger partial charge in [0.15, 0.2) is 10.8 Å². The lowest BCUT2D eigenvalue weighted by Gasteiger charge is -2.01. The maximum atomic E-state index is 10.9. The maximum absolute atomic E-state index is 10.9. The average molecular weight is 197 g/mol. The maximum Gasteiger partial charge on any atom is 0.188 e. The van der Waals surface area contributed by atoms with Crippen LogP contribution >= 0.6 is 11.3 Å². The summed E-state index contributed by atoms with van der Waals surface area (Å²) < 4.78 is 5.16. The van der Waals surface area contributed by atoms with Crippen molar-refractivity contribution in [3.63, 3.8) is 0 Å². The number of Topliss-reactive ketones (excluding diaryl/α,β-unsaturated/α-hetero) is 1. The first-order valence-electron chi connectivity index (χ1n) is 3.93. The highest BCUT2D eigenvalue weighted by molar-refractivity contribution is 7.11. The second-order valence-electron chi connectivity index (χ2n) is 2.45. The molecular weight excluding hydrogens is 186 g/mol. The number of hydrogen-bond donors (Lipinski definition) is 0. The third-order valence-corrected chi connectivity index (χ3v) is 2.35. The molecule has 1 aromatic rings. The van der Waals surface area contributed by atoms with Gasteiger partial charge in [0.05, 0.1) is 6.61 Å². The van der Waals surface area contributed by atoms with Crippen LogP contribution in [0.15, 0.2) is 12.0 Å². The Morgan fingerprint density at radius 3 is 2.92 bits per heavy atom. The number of hydrogen-bond acceptors (Lipinski definition) is 4. The minimum atomic E-state index is -0.0273. The molecule has 3 nitrogen and oxygen atoms in total. The minimum Gasteiger partial charge on any atom is -0.492 e. The molecule has 0 radical (unpaired) electrons. The van der Waals surface area contributed by atoms with Crippen molar-refractivity contribution in [1.29, 1.82) is 0 Å². The number of rotatable bonds is 4. The van der Waals surface area contributed by atoms with Crippen molar-refractivity contribution in [2.45, 2.75) is 13.8 Å². The van der Waals surface area contributed by atoms with E-state index in [1.54, 1.807) is 5.38 Å². The lowest BCUT2D eigenvalue weighted by molar-refractivity contribution is 0.101. The van der Waals surface area contributed by atoms with Crippen LogP contribution in [0, 0.1) is 0 Å². The highest BCUT2D eigenvalue weighted by Crippen LogP contribution is 2.17. The normalized spacial score (nSPS) is 9.69. The quantitative estimate of drug-likeness (QED) is 0.549. The number of thiazole rings is 1. The molecule has 4 heteroatoms. The number of carbonyl (C=O) groups excluding carboxylic acids is 1. The molecule has 0 saturated carbocycles. The van der Waals surface area contributed by atoms with Crippen LogP contribution < -0.4 is 0 Å². The summed E-state index contributed by atoms with van der Waals surface area (Å²) in [7, 11) is 0. The van der Waals surface area contributed by atoms with Crippen molar-refractivity contribution in [2.75, 3.05) is 6.61 Å². The van der Waals surface area contributed by atoms with Crippen LogP contribution in [0.25, 0.3) is 5.76 Å². The zero-order valence-electron chi connectivity index (χ0n) is 7.66. The number of aromatic nitrogens is 1. The molecule has 0 atom stereocenters. The molecule has 13 heavy (non-hydrogen) atoms. The van der Waals surface area contributed by atoms with Gasteiger partial charge in [0.25, 0.3) is 0 Å². The second-order valence-corrected chi connectivity index (χ2v) is 3.31. The molecule has 0 aliphatic heterocycles. The van der Waals surface area contributed by atoms with Crippen molar-refractivity contribution < 1.29 is 9.53 Å². The molecule has 0 saturated heterocycles. The molecule has 0 aliphatic carbocycles. The summed E-state index contributed by atoms with van der Waals surface area (Å²) >= 11 is 1.31. The van der Waals surface area contributed by atoms with Crippen LogP contribution in [-0.2, 0) is 4.74 Å². The summed E-state index contributed by atoms with van der Waals surface area (Å²) in [6.45, 7) is 7.63. The Balaban J connectivity index is 2.79. The lowest BCUT2D eigenvalue weighted by Crippen LogP contribution is -1.93. The van der Waals surface area contributed by atoms with Crippen molar-refractivity contribution in [3.8, 4) is 0 Å². The Morgan fingerprint density at radius 2 is 2.46 bits per heavy atom. The summed E-state index contributed by atoms with van der Waals surface area (Å²) in [4.78, 5) is 15.0. The Morgan fingerprint density at radius 1 is 1.77 bits per heavy atom. The molecule has 0 N–H and O–H groups in total. The smallest absolute Gasteiger partial charge is 0.188 e. The summed E-state index contributed by atoms with van der Waals surface area (Å²) in [5, 5.41) is 2.27. The fraction of sp³-hybridized carbons (Fsp3) is 0.333. The molecule has 1 heterocycles. The molecule has 0 bridgehead atoms. The first-order chi connectivity index (χ1) is 6.15. The highest BCUT2D eigenvalue weighted by Gasteiger charge is 2.08. The zero-order chi connectivity index (χ0) is 9.84. The molecule has 70 valence electrons. The Labute approximate surface area is 81.1 Å². The van der Waals surface area contributed by atoms with Gasteiger partial charge in [-0.1, -0.05) is 6.58 Å². The van der Waals surface area contributed by atoms with E-state index in [2.05, 4.69) is 11.6 Å². The van der Waals surface area contributed by atoms with E-state index < -0.39 is 0 Å². The molecular formula is C9H11NO2S. The lowest BCUT2D eigenvalue weighted by atomic mass is 10.4. The van der Waals surface area contributed by atoms with Crippen LogP contribution in [0.2, 0.25) is 0 Å². The third kappa shape index (κ3) is 2.39. The molecule has 0 amide bonds. The Kier molecular flexibility index (Phi) is 3.19. The van der Waals surface area contributed by atoms with Gasteiger partial charge in [-0.3, -0.25) is 4.79 Å². The molecule has 1 aromatic heterocycles. The summed E-state index contributed by atoms with van der Waals surface area (Å²) in [5.41, 5.74) is 0.650. The fourth-order valence-electron chi connectivity index (χ4n) is 0.812. The average Bonchev–Trinajstić information content (AvgIpc) is 2.52. The van der Waals surface area contributed by atoms with Crippen LogP contribution in [-0.4, -0.2) is 17.4 Å². The number of nitrogens with zero attached hydrogens (tertiary/aromatic N) is 1. The van der Waals surface area contributed by atoms with Crippen molar-refractivity contribution in [2.24, 2.45) is 0 Å². The zero-order valence-corrected chi connectivity index (χ0v) is 8.48. The number of ketones is 1. The summed E-state index contributed by atoms with van der Waals surface area (Å²) in [5.74, 6) is 0.492. The molecule has 0 fully saturated rings. The van der Waals surface area contributed by atoms with Crippen LogP contribution in [0.1, 0.15) is 29.3 Å². The summed E-state index contributed by atoms with van der Waals surface area (Å²) in [6, 6.07) is 0. The van der Waals surface area contributed by atoms with Crippen LogP contribution in [0.5, 0.6) is 0 Å². The van der Waals surface area contributed by atoms with Gasteiger partial charge in [-0.2, -0.15) is 0 Å². The molecule has 0 aromatic carbocycles. The van der Waals surface area contributed by atoms with Crippen molar-refractivity contribution in [1.82, 2.24) is 4.98 Å². The van der Waals surface area contributed by atoms with Gasteiger partial charge >= 0.3 is 0 Å². The van der Waals surface area contributed by atoms with E-state index in [0.29, 0.717) is 23.1 Å². The van der Waals surface area contributed by atoms with E-state index in [1.165, 1.54) is 18.3 Å². The van der Waals surface area contributed by atoms with Gasteiger partial charge in [-0.05, 0) is 6.92 Å².